The average molecular weight is 401 g/mol. The van der Waals surface area contributed by atoms with Gasteiger partial charge in [0.1, 0.15) is 0 Å². The molecule has 2 heterocycles. The summed E-state index contributed by atoms with van der Waals surface area (Å²) in [5.41, 5.74) is 0.968. The van der Waals surface area contributed by atoms with Gasteiger partial charge in [0.15, 0.2) is 5.16 Å². The molecule has 1 saturated heterocycles. The molecule has 0 radical (unpaired) electrons. The van der Waals surface area contributed by atoms with Crippen molar-refractivity contribution in [3.05, 3.63) is 46.4 Å². The smallest absolute Gasteiger partial charge is 0.339 e. The SMILES string of the molecule is O=C(CSc1n[nH]c(=O)n1CCc1ccccc1)N1CCC[C@@H]2CCCC[C@H]21. The molecule has 1 aromatic carbocycles. The van der Waals surface area contributed by atoms with Gasteiger partial charge in [-0.2, -0.15) is 0 Å². The Balaban J connectivity index is 1.37. The fraction of sp³-hybridized carbons (Fsp3) is 0.571. The highest BCUT2D eigenvalue weighted by atomic mass is 32.2. The molecule has 2 aromatic rings. The number of aromatic nitrogens is 3. The number of nitrogens with zero attached hydrogens (tertiary/aromatic N) is 3. The second-order valence-corrected chi connectivity index (χ2v) is 8.77. The molecule has 150 valence electrons. The zero-order chi connectivity index (χ0) is 19.3. The van der Waals surface area contributed by atoms with E-state index >= 15 is 0 Å². The molecule has 1 aromatic heterocycles. The predicted molar refractivity (Wildman–Crippen MR) is 110 cm³/mol. The molecule has 0 bridgehead atoms. The molecular formula is C21H28N4O2S. The van der Waals surface area contributed by atoms with Crippen molar-refractivity contribution in [2.24, 2.45) is 5.92 Å². The van der Waals surface area contributed by atoms with Gasteiger partial charge in [0, 0.05) is 19.1 Å². The largest absolute Gasteiger partial charge is 0.343 e. The van der Waals surface area contributed by atoms with E-state index in [0.717, 1.165) is 25.8 Å². The minimum atomic E-state index is -0.212. The van der Waals surface area contributed by atoms with Crippen LogP contribution in [0.1, 0.15) is 44.1 Å². The zero-order valence-corrected chi connectivity index (χ0v) is 17.0. The Morgan fingerprint density at radius 1 is 1.14 bits per heavy atom. The lowest BCUT2D eigenvalue weighted by Gasteiger charge is -2.44. The van der Waals surface area contributed by atoms with Gasteiger partial charge in [-0.25, -0.2) is 9.89 Å². The number of hydrogen-bond donors (Lipinski definition) is 1. The van der Waals surface area contributed by atoms with Gasteiger partial charge in [-0.15, -0.1) is 5.10 Å². The van der Waals surface area contributed by atoms with Crippen LogP contribution >= 0.6 is 11.8 Å². The van der Waals surface area contributed by atoms with Crippen LogP contribution in [-0.2, 0) is 17.8 Å². The van der Waals surface area contributed by atoms with E-state index in [9.17, 15) is 9.59 Å². The number of aryl methyl sites for hydroxylation is 1. The van der Waals surface area contributed by atoms with Gasteiger partial charge in [-0.3, -0.25) is 9.36 Å². The zero-order valence-electron chi connectivity index (χ0n) is 16.2. The van der Waals surface area contributed by atoms with Crippen LogP contribution in [0.4, 0.5) is 0 Å². The number of aromatic amines is 1. The van der Waals surface area contributed by atoms with Crippen LogP contribution in [0, 0.1) is 5.92 Å². The molecule has 28 heavy (non-hydrogen) atoms. The van der Waals surface area contributed by atoms with Gasteiger partial charge in [0.25, 0.3) is 0 Å². The summed E-state index contributed by atoms with van der Waals surface area (Å²) in [7, 11) is 0. The maximum Gasteiger partial charge on any atom is 0.343 e. The molecule has 6 nitrogen and oxygen atoms in total. The van der Waals surface area contributed by atoms with Gasteiger partial charge in [-0.05, 0) is 43.6 Å². The number of carbonyl (C=O) groups is 1. The summed E-state index contributed by atoms with van der Waals surface area (Å²) in [5, 5.41) is 7.28. The summed E-state index contributed by atoms with van der Waals surface area (Å²) in [6.45, 7) is 1.44. The van der Waals surface area contributed by atoms with E-state index in [-0.39, 0.29) is 11.6 Å². The fourth-order valence-corrected chi connectivity index (χ4v) is 5.50. The molecule has 7 heteroatoms. The maximum atomic E-state index is 12.9. The van der Waals surface area contributed by atoms with Crippen LogP contribution in [0.2, 0.25) is 0 Å². The molecule has 0 unspecified atom stereocenters. The fourth-order valence-electron chi connectivity index (χ4n) is 4.64. The summed E-state index contributed by atoms with van der Waals surface area (Å²) in [6, 6.07) is 10.5. The van der Waals surface area contributed by atoms with Crippen LogP contribution in [-0.4, -0.2) is 43.9 Å². The van der Waals surface area contributed by atoms with Gasteiger partial charge in [0.2, 0.25) is 5.91 Å². The van der Waals surface area contributed by atoms with Crippen LogP contribution < -0.4 is 5.69 Å². The third kappa shape index (κ3) is 4.35. The van der Waals surface area contributed by atoms with Gasteiger partial charge in [0.05, 0.1) is 5.75 Å². The summed E-state index contributed by atoms with van der Waals surface area (Å²) >= 11 is 1.37. The lowest BCUT2D eigenvalue weighted by molar-refractivity contribution is -0.134. The van der Waals surface area contributed by atoms with E-state index in [4.69, 9.17) is 0 Å². The third-order valence-electron chi connectivity index (χ3n) is 6.08. The average Bonchev–Trinajstić information content (AvgIpc) is 3.10. The standard InChI is InChI=1S/C21H28N4O2S/c26-19(24-13-6-10-17-9-4-5-11-18(17)24)15-28-21-23-22-20(27)25(21)14-12-16-7-2-1-3-8-16/h1-3,7-8,17-18H,4-6,9-15H2,(H,22,27)/t17-,18+/m0/s1. The molecule has 2 aliphatic rings. The Morgan fingerprint density at radius 2 is 1.93 bits per heavy atom. The molecule has 0 spiro atoms. The minimum Gasteiger partial charge on any atom is -0.339 e. The lowest BCUT2D eigenvalue weighted by atomic mass is 9.78. The van der Waals surface area contributed by atoms with E-state index < -0.39 is 0 Å². The van der Waals surface area contributed by atoms with Crippen LogP contribution in [0.25, 0.3) is 0 Å². The van der Waals surface area contributed by atoms with Gasteiger partial charge in [-0.1, -0.05) is 54.9 Å². The number of H-pyrrole nitrogens is 1. The van der Waals surface area contributed by atoms with Crippen LogP contribution in [0.15, 0.2) is 40.3 Å². The molecule has 2 atom stereocenters. The van der Waals surface area contributed by atoms with Crippen LogP contribution in [0.3, 0.4) is 0 Å². The number of fused-ring (bicyclic) bond motifs is 1. The second kappa shape index (κ2) is 8.99. The first-order valence-electron chi connectivity index (χ1n) is 10.3. The number of rotatable bonds is 6. The van der Waals surface area contributed by atoms with E-state index in [1.54, 1.807) is 4.57 Å². The Bertz CT molecular complexity index is 846. The van der Waals surface area contributed by atoms with Crippen molar-refractivity contribution >= 4 is 17.7 Å². The molecule has 1 aliphatic heterocycles. The lowest BCUT2D eigenvalue weighted by Crippen LogP contribution is -2.50. The Hall–Kier alpha value is -2.02. The predicted octanol–water partition coefficient (Wildman–Crippen LogP) is 3.09. The quantitative estimate of drug-likeness (QED) is 0.757. The number of amides is 1. The van der Waals surface area contributed by atoms with Crippen molar-refractivity contribution < 1.29 is 4.79 Å². The molecule has 1 aliphatic carbocycles. The third-order valence-corrected chi connectivity index (χ3v) is 7.04. The van der Waals surface area contributed by atoms with Crippen LogP contribution in [0.5, 0.6) is 0 Å². The molecule has 1 N–H and O–H groups in total. The van der Waals surface area contributed by atoms with E-state index in [1.165, 1.54) is 43.0 Å². The summed E-state index contributed by atoms with van der Waals surface area (Å²) in [5.74, 6) is 1.22. The molecular weight excluding hydrogens is 372 g/mol. The number of nitrogens with one attached hydrogen (secondary N) is 1. The van der Waals surface area contributed by atoms with Crippen molar-refractivity contribution in [3.63, 3.8) is 0 Å². The number of thioether (sulfide) groups is 1. The number of benzene rings is 1. The monoisotopic (exact) mass is 400 g/mol. The van der Waals surface area contributed by atoms with Crippen molar-refractivity contribution in [1.82, 2.24) is 19.7 Å². The highest BCUT2D eigenvalue weighted by Crippen LogP contribution is 2.35. The van der Waals surface area contributed by atoms with Gasteiger partial charge < -0.3 is 4.90 Å². The van der Waals surface area contributed by atoms with E-state index in [0.29, 0.717) is 29.4 Å². The number of piperidine rings is 1. The Labute approximate surface area is 169 Å². The first kappa shape index (κ1) is 19.3. The summed E-state index contributed by atoms with van der Waals surface area (Å²) in [4.78, 5) is 27.1. The topological polar surface area (TPSA) is 71.0 Å². The van der Waals surface area contributed by atoms with Crippen molar-refractivity contribution in [2.75, 3.05) is 12.3 Å². The molecule has 2 fully saturated rings. The molecule has 1 saturated carbocycles. The summed E-state index contributed by atoms with van der Waals surface area (Å²) in [6.07, 6.45) is 8.08. The highest BCUT2D eigenvalue weighted by Gasteiger charge is 2.35. The van der Waals surface area contributed by atoms with Crippen molar-refractivity contribution in [3.8, 4) is 0 Å². The maximum absolute atomic E-state index is 12.9. The van der Waals surface area contributed by atoms with Crippen molar-refractivity contribution in [1.29, 1.82) is 0 Å². The van der Waals surface area contributed by atoms with Gasteiger partial charge >= 0.3 is 5.69 Å². The van der Waals surface area contributed by atoms with Crippen molar-refractivity contribution in [2.45, 2.75) is 62.7 Å². The Morgan fingerprint density at radius 3 is 2.79 bits per heavy atom. The van der Waals surface area contributed by atoms with E-state index in [1.807, 2.05) is 18.2 Å². The van der Waals surface area contributed by atoms with E-state index in [2.05, 4.69) is 27.2 Å². The number of likely N-dealkylation sites (tertiary alicyclic amines) is 1. The normalized spacial score (nSPS) is 22.1. The first-order valence-corrected chi connectivity index (χ1v) is 11.3. The highest BCUT2D eigenvalue weighted by molar-refractivity contribution is 7.99. The Kier molecular flexibility index (Phi) is 6.20. The molecule has 4 rings (SSSR count). The first-order chi connectivity index (χ1) is 13.7. The number of hydrogen-bond acceptors (Lipinski definition) is 4. The number of carbonyl (C=O) groups excluding carboxylic acids is 1. The second-order valence-electron chi connectivity index (χ2n) is 7.83. The summed E-state index contributed by atoms with van der Waals surface area (Å²) < 4.78 is 1.64. The molecule has 1 amide bonds. The minimum absolute atomic E-state index is 0.187.